The Morgan fingerprint density at radius 2 is 2.13 bits per heavy atom. The maximum absolute atomic E-state index is 14.9. The third kappa shape index (κ3) is 5.21. The van der Waals surface area contributed by atoms with Crippen LogP contribution >= 0.6 is 0 Å². The molecule has 0 saturated carbocycles. The summed E-state index contributed by atoms with van der Waals surface area (Å²) in [5.41, 5.74) is 8.29. The van der Waals surface area contributed by atoms with Crippen molar-refractivity contribution in [1.82, 2.24) is 9.88 Å². The third-order valence-corrected chi connectivity index (χ3v) is 5.29. The van der Waals surface area contributed by atoms with E-state index in [1.165, 1.54) is 23.2 Å². The van der Waals surface area contributed by atoms with Gasteiger partial charge < -0.3 is 15.4 Å². The Bertz CT molecular complexity index is 1020. The molecule has 3 rings (SSSR count). The van der Waals surface area contributed by atoms with Gasteiger partial charge >= 0.3 is 0 Å². The molecule has 0 unspecified atom stereocenters. The summed E-state index contributed by atoms with van der Waals surface area (Å²) in [6.45, 7) is 8.41. The van der Waals surface area contributed by atoms with Crippen LogP contribution in [0.3, 0.4) is 0 Å². The minimum atomic E-state index is -0.640. The fourth-order valence-corrected chi connectivity index (χ4v) is 3.56. The van der Waals surface area contributed by atoms with Crippen LogP contribution in [-0.2, 0) is 4.74 Å². The summed E-state index contributed by atoms with van der Waals surface area (Å²) in [5, 5.41) is 0. The van der Waals surface area contributed by atoms with Gasteiger partial charge in [0.25, 0.3) is 5.91 Å². The predicted molar refractivity (Wildman–Crippen MR) is 121 cm³/mol. The number of ether oxygens (including phenoxy) is 1. The Kier molecular flexibility index (Phi) is 7.25. The van der Waals surface area contributed by atoms with E-state index in [0.29, 0.717) is 41.9 Å². The number of aliphatic imine (C=N–C) groups is 2. The number of carbonyl (C=O) groups is 1. The van der Waals surface area contributed by atoms with Crippen LogP contribution in [0.25, 0.3) is 11.1 Å². The summed E-state index contributed by atoms with van der Waals surface area (Å²) >= 11 is 0. The summed E-state index contributed by atoms with van der Waals surface area (Å²) in [4.78, 5) is 26.0. The SMILES string of the molecule is C=CN=C(CN(C)C(=O)c1ccc(-c2cc(C3CCOCC3)cnc2N)cc1F)N=C. The molecule has 7 nitrogen and oxygen atoms in total. The highest BCUT2D eigenvalue weighted by Crippen LogP contribution is 2.32. The van der Waals surface area contributed by atoms with Crippen molar-refractivity contribution >= 4 is 24.3 Å². The summed E-state index contributed by atoms with van der Waals surface area (Å²) in [7, 11) is 1.54. The van der Waals surface area contributed by atoms with E-state index in [9.17, 15) is 9.18 Å². The number of likely N-dealkylation sites (N-methyl/N-ethyl adjacent to an activating group) is 1. The second kappa shape index (κ2) is 10.1. The molecule has 1 saturated heterocycles. The van der Waals surface area contributed by atoms with Gasteiger partial charge in [-0.15, -0.1) is 0 Å². The first-order valence-electron chi connectivity index (χ1n) is 9.97. The molecule has 1 aromatic heterocycles. The topological polar surface area (TPSA) is 93.2 Å². The summed E-state index contributed by atoms with van der Waals surface area (Å²) in [6.07, 6.45) is 4.91. The molecule has 2 N–H and O–H groups in total. The molecule has 0 bridgehead atoms. The van der Waals surface area contributed by atoms with Gasteiger partial charge in [-0.3, -0.25) is 4.79 Å². The molecule has 1 amide bonds. The van der Waals surface area contributed by atoms with Crippen molar-refractivity contribution in [3.63, 3.8) is 0 Å². The normalized spacial score (nSPS) is 14.8. The number of pyridine rings is 1. The molecule has 0 atom stereocenters. The van der Waals surface area contributed by atoms with Crippen LogP contribution in [-0.4, -0.2) is 55.2 Å². The van der Waals surface area contributed by atoms with Crippen LogP contribution in [0.2, 0.25) is 0 Å². The number of halogens is 1. The number of nitrogens with zero attached hydrogens (tertiary/aromatic N) is 4. The quantitative estimate of drug-likeness (QED) is 0.567. The Balaban J connectivity index is 1.85. The number of anilines is 1. The van der Waals surface area contributed by atoms with Crippen molar-refractivity contribution in [3.05, 3.63) is 60.2 Å². The highest BCUT2D eigenvalue weighted by Gasteiger charge is 2.20. The molecule has 1 aliphatic rings. The first kappa shape index (κ1) is 22.3. The lowest BCUT2D eigenvalue weighted by Gasteiger charge is -2.23. The lowest BCUT2D eigenvalue weighted by molar-refractivity contribution is 0.0810. The van der Waals surface area contributed by atoms with Gasteiger partial charge in [-0.2, -0.15) is 0 Å². The number of hydrogen-bond acceptors (Lipinski definition) is 5. The number of benzene rings is 1. The van der Waals surface area contributed by atoms with Gasteiger partial charge in [0.2, 0.25) is 0 Å². The number of carbonyl (C=O) groups excluding carboxylic acids is 1. The van der Waals surface area contributed by atoms with E-state index in [2.05, 4.69) is 28.3 Å². The minimum absolute atomic E-state index is 0.0552. The Labute approximate surface area is 181 Å². The molecule has 2 aromatic rings. The molecule has 1 aliphatic heterocycles. The highest BCUT2D eigenvalue weighted by molar-refractivity contribution is 5.98. The number of nitrogen functional groups attached to an aromatic ring is 1. The van der Waals surface area contributed by atoms with Gasteiger partial charge in [-0.1, -0.05) is 12.6 Å². The third-order valence-electron chi connectivity index (χ3n) is 5.29. The standard InChI is InChI=1S/C23H26FN5O2/c1-4-27-21(26-2)14-29(3)23(30)18-6-5-16(12-20(18)24)19-11-17(13-28-22(19)25)15-7-9-31-10-8-15/h4-6,11-13,15H,1-2,7-10,14H2,3H3,(H2,25,28). The minimum Gasteiger partial charge on any atom is -0.383 e. The van der Waals surface area contributed by atoms with Gasteiger partial charge in [0.05, 0.1) is 12.1 Å². The lowest BCUT2D eigenvalue weighted by Crippen LogP contribution is -2.32. The van der Waals surface area contributed by atoms with Gasteiger partial charge in [0.15, 0.2) is 0 Å². The number of rotatable bonds is 6. The van der Waals surface area contributed by atoms with Crippen LogP contribution in [0.5, 0.6) is 0 Å². The summed E-state index contributed by atoms with van der Waals surface area (Å²) in [5.74, 6) is -0.171. The van der Waals surface area contributed by atoms with Gasteiger partial charge in [0.1, 0.15) is 17.5 Å². The maximum atomic E-state index is 14.9. The van der Waals surface area contributed by atoms with Crippen LogP contribution in [0.15, 0.2) is 53.2 Å². The Hall–Kier alpha value is -3.39. The molecule has 1 aromatic carbocycles. The van der Waals surface area contributed by atoms with Crippen molar-refractivity contribution in [2.24, 2.45) is 9.98 Å². The number of aromatic nitrogens is 1. The summed E-state index contributed by atoms with van der Waals surface area (Å²) in [6, 6.07) is 6.40. The molecule has 2 heterocycles. The average Bonchev–Trinajstić information content (AvgIpc) is 2.79. The number of nitrogens with two attached hydrogens (primary N) is 1. The fourth-order valence-electron chi connectivity index (χ4n) is 3.56. The van der Waals surface area contributed by atoms with Gasteiger partial charge in [-0.25, -0.2) is 19.4 Å². The van der Waals surface area contributed by atoms with Gasteiger partial charge in [0, 0.05) is 38.2 Å². The highest BCUT2D eigenvalue weighted by atomic mass is 19.1. The zero-order valence-corrected chi connectivity index (χ0v) is 17.6. The lowest BCUT2D eigenvalue weighted by atomic mass is 9.91. The number of hydrogen-bond donors (Lipinski definition) is 1. The van der Waals surface area contributed by atoms with Crippen LogP contribution in [0, 0.1) is 5.82 Å². The van der Waals surface area contributed by atoms with Gasteiger partial charge in [-0.05, 0) is 54.8 Å². The largest absolute Gasteiger partial charge is 0.383 e. The van der Waals surface area contributed by atoms with E-state index in [-0.39, 0.29) is 12.1 Å². The maximum Gasteiger partial charge on any atom is 0.256 e. The molecule has 31 heavy (non-hydrogen) atoms. The van der Waals surface area contributed by atoms with E-state index in [0.717, 1.165) is 18.4 Å². The molecule has 0 spiro atoms. The fraction of sp³-hybridized carbons (Fsp3) is 0.304. The molecule has 1 fully saturated rings. The average molecular weight is 423 g/mol. The smallest absolute Gasteiger partial charge is 0.256 e. The van der Waals surface area contributed by atoms with Crippen LogP contribution < -0.4 is 5.73 Å². The van der Waals surface area contributed by atoms with Crippen molar-refractivity contribution < 1.29 is 13.9 Å². The van der Waals surface area contributed by atoms with Crippen molar-refractivity contribution in [2.45, 2.75) is 18.8 Å². The second-order valence-electron chi connectivity index (χ2n) is 7.33. The van der Waals surface area contributed by atoms with E-state index in [4.69, 9.17) is 10.5 Å². The second-order valence-corrected chi connectivity index (χ2v) is 7.33. The van der Waals surface area contributed by atoms with E-state index < -0.39 is 11.7 Å². The van der Waals surface area contributed by atoms with E-state index in [1.807, 2.05) is 6.07 Å². The molecule has 8 heteroatoms. The Morgan fingerprint density at radius 1 is 1.39 bits per heavy atom. The zero-order valence-electron chi connectivity index (χ0n) is 17.6. The van der Waals surface area contributed by atoms with Crippen LogP contribution in [0.4, 0.5) is 10.2 Å². The zero-order chi connectivity index (χ0) is 22.4. The van der Waals surface area contributed by atoms with Crippen molar-refractivity contribution in [1.29, 1.82) is 0 Å². The number of amidine groups is 1. The van der Waals surface area contributed by atoms with E-state index in [1.54, 1.807) is 19.3 Å². The molecular weight excluding hydrogens is 397 g/mol. The predicted octanol–water partition coefficient (Wildman–Crippen LogP) is 3.68. The van der Waals surface area contributed by atoms with E-state index >= 15 is 0 Å². The first-order chi connectivity index (χ1) is 14.9. The monoisotopic (exact) mass is 423 g/mol. The Morgan fingerprint density at radius 3 is 2.77 bits per heavy atom. The molecule has 0 radical (unpaired) electrons. The van der Waals surface area contributed by atoms with Crippen LogP contribution in [0.1, 0.15) is 34.7 Å². The molecular formula is C23H26FN5O2. The van der Waals surface area contributed by atoms with Crippen molar-refractivity contribution in [3.8, 4) is 11.1 Å². The first-order valence-corrected chi connectivity index (χ1v) is 9.97. The molecule has 0 aliphatic carbocycles. The van der Waals surface area contributed by atoms with Crippen molar-refractivity contribution in [2.75, 3.05) is 32.5 Å². The molecule has 162 valence electrons. The summed E-state index contributed by atoms with van der Waals surface area (Å²) < 4.78 is 20.3. The number of amides is 1.